The van der Waals surface area contributed by atoms with Gasteiger partial charge in [-0.05, 0) is 42.8 Å². The summed E-state index contributed by atoms with van der Waals surface area (Å²) < 4.78 is 19.1. The van der Waals surface area contributed by atoms with Gasteiger partial charge in [0, 0.05) is 5.70 Å². The lowest BCUT2D eigenvalue weighted by Gasteiger charge is -2.18. The smallest absolute Gasteiger partial charge is 0.340 e. The Morgan fingerprint density at radius 3 is 2.48 bits per heavy atom. The Kier molecular flexibility index (Phi) is 5.35. The lowest BCUT2D eigenvalue weighted by molar-refractivity contribution is -0.136. The maximum Gasteiger partial charge on any atom is 0.340 e. The number of rotatable bonds is 3. The van der Waals surface area contributed by atoms with Gasteiger partial charge in [0.25, 0.3) is 5.91 Å². The minimum atomic E-state index is -0.689. The van der Waals surface area contributed by atoms with Crippen LogP contribution >= 0.6 is 23.2 Å². The van der Waals surface area contributed by atoms with Crippen LogP contribution in [0, 0.1) is 5.82 Å². The molecule has 0 bridgehead atoms. The molecule has 0 radical (unpaired) electrons. The van der Waals surface area contributed by atoms with Gasteiger partial charge >= 0.3 is 5.97 Å². The number of carbonyl (C=O) groups is 2. The van der Waals surface area contributed by atoms with Crippen LogP contribution in [0.2, 0.25) is 10.0 Å². The van der Waals surface area contributed by atoms with Crippen molar-refractivity contribution in [3.8, 4) is 0 Å². The fourth-order valence-electron chi connectivity index (χ4n) is 2.87. The molecule has 0 fully saturated rings. The minimum Gasteiger partial charge on any atom is -0.465 e. The Labute approximate surface area is 165 Å². The van der Waals surface area contributed by atoms with Crippen LogP contribution < -0.4 is 4.90 Å². The highest BCUT2D eigenvalue weighted by atomic mass is 35.5. The van der Waals surface area contributed by atoms with Gasteiger partial charge in [0.15, 0.2) is 0 Å². The van der Waals surface area contributed by atoms with Crippen molar-refractivity contribution >= 4 is 46.8 Å². The van der Waals surface area contributed by atoms with Crippen molar-refractivity contribution in [2.24, 2.45) is 0 Å². The number of esters is 1. The fourth-order valence-corrected chi connectivity index (χ4v) is 3.18. The van der Waals surface area contributed by atoms with Gasteiger partial charge in [-0.25, -0.2) is 9.18 Å². The van der Waals surface area contributed by atoms with Crippen LogP contribution in [-0.4, -0.2) is 19.0 Å². The van der Waals surface area contributed by atoms with Gasteiger partial charge < -0.3 is 4.74 Å². The van der Waals surface area contributed by atoms with Gasteiger partial charge in [0.1, 0.15) is 5.82 Å². The quantitative estimate of drug-likeness (QED) is 0.532. The van der Waals surface area contributed by atoms with Crippen molar-refractivity contribution in [3.05, 3.63) is 80.7 Å². The molecule has 4 nitrogen and oxygen atoms in total. The van der Waals surface area contributed by atoms with Gasteiger partial charge in [0.2, 0.25) is 0 Å². The molecule has 0 N–H and O–H groups in total. The molecule has 0 aromatic heterocycles. The Bertz CT molecular complexity index is 1010. The Hall–Kier alpha value is -2.63. The third kappa shape index (κ3) is 3.48. The molecule has 0 saturated heterocycles. The molecule has 27 heavy (non-hydrogen) atoms. The molecule has 0 aliphatic carbocycles. The molecule has 3 rings (SSSR count). The van der Waals surface area contributed by atoms with E-state index in [2.05, 4.69) is 0 Å². The summed E-state index contributed by atoms with van der Waals surface area (Å²) >= 11 is 11.9. The van der Waals surface area contributed by atoms with Gasteiger partial charge in [-0.1, -0.05) is 41.4 Å². The monoisotopic (exact) mass is 405 g/mol. The average molecular weight is 406 g/mol. The second kappa shape index (κ2) is 7.55. The predicted octanol–water partition coefficient (Wildman–Crippen LogP) is 5.01. The van der Waals surface area contributed by atoms with Crippen LogP contribution in [0.25, 0.3) is 6.08 Å². The molecule has 1 aliphatic rings. The molecule has 2 aromatic carbocycles. The summed E-state index contributed by atoms with van der Waals surface area (Å²) in [4.78, 5) is 26.5. The molecular weight excluding hydrogens is 392 g/mol. The molecular formula is C20H14Cl2FNO3. The largest absolute Gasteiger partial charge is 0.465 e. The first-order valence-electron chi connectivity index (χ1n) is 7.90. The number of ether oxygens (including phenoxy) is 1. The molecule has 1 heterocycles. The number of hydrogen-bond acceptors (Lipinski definition) is 3. The fraction of sp³-hybridized carbons (Fsp3) is 0.100. The number of allylic oxidation sites excluding steroid dienone is 1. The van der Waals surface area contributed by atoms with Crippen LogP contribution in [-0.2, 0) is 14.3 Å². The third-order valence-electron chi connectivity index (χ3n) is 4.14. The number of halogens is 3. The van der Waals surface area contributed by atoms with Crippen LogP contribution in [0.15, 0.2) is 59.3 Å². The number of carbonyl (C=O) groups excluding carboxylic acids is 2. The maximum atomic E-state index is 14.3. The summed E-state index contributed by atoms with van der Waals surface area (Å²) in [5, 5.41) is 0.673. The summed E-state index contributed by atoms with van der Waals surface area (Å²) in [5.41, 5.74) is 1.05. The van der Waals surface area contributed by atoms with Crippen molar-refractivity contribution in [3.63, 3.8) is 0 Å². The Morgan fingerprint density at radius 2 is 1.85 bits per heavy atom. The lowest BCUT2D eigenvalue weighted by Crippen LogP contribution is -2.25. The van der Waals surface area contributed by atoms with Crippen molar-refractivity contribution in [2.75, 3.05) is 12.0 Å². The van der Waals surface area contributed by atoms with E-state index < -0.39 is 17.7 Å². The topological polar surface area (TPSA) is 46.6 Å². The zero-order valence-corrected chi connectivity index (χ0v) is 15.9. The standard InChI is InChI=1S/C20H14Cl2FNO3/c1-11-18(20(26)27-2)13(9-12-7-8-14(21)15(22)10-12)19(25)24(11)17-6-4-3-5-16(17)23/h3-10H,1-2H3. The zero-order chi connectivity index (χ0) is 19.7. The third-order valence-corrected chi connectivity index (χ3v) is 4.88. The first-order valence-corrected chi connectivity index (χ1v) is 8.66. The van der Waals surface area contributed by atoms with E-state index in [1.165, 1.54) is 31.4 Å². The van der Waals surface area contributed by atoms with E-state index in [1.54, 1.807) is 31.2 Å². The second-order valence-electron chi connectivity index (χ2n) is 5.78. The number of amides is 1. The maximum absolute atomic E-state index is 14.3. The van der Waals surface area contributed by atoms with Crippen LogP contribution in [0.1, 0.15) is 12.5 Å². The van der Waals surface area contributed by atoms with E-state index in [1.807, 2.05) is 0 Å². The van der Waals surface area contributed by atoms with E-state index in [0.29, 0.717) is 15.6 Å². The van der Waals surface area contributed by atoms with E-state index in [-0.39, 0.29) is 22.5 Å². The molecule has 0 atom stereocenters. The minimum absolute atomic E-state index is 0.0546. The van der Waals surface area contributed by atoms with Crippen molar-refractivity contribution in [2.45, 2.75) is 6.92 Å². The van der Waals surface area contributed by atoms with Crippen molar-refractivity contribution < 1.29 is 18.7 Å². The van der Waals surface area contributed by atoms with Gasteiger partial charge in [-0.15, -0.1) is 0 Å². The van der Waals surface area contributed by atoms with E-state index in [4.69, 9.17) is 27.9 Å². The van der Waals surface area contributed by atoms with Crippen LogP contribution in [0.4, 0.5) is 10.1 Å². The summed E-state index contributed by atoms with van der Waals surface area (Å²) in [6, 6.07) is 10.6. The van der Waals surface area contributed by atoms with Gasteiger partial charge in [0.05, 0.1) is 34.0 Å². The van der Waals surface area contributed by atoms with Gasteiger partial charge in [-0.3, -0.25) is 9.69 Å². The Morgan fingerprint density at radius 1 is 1.15 bits per heavy atom. The predicted molar refractivity (Wildman–Crippen MR) is 103 cm³/mol. The van der Waals surface area contributed by atoms with E-state index >= 15 is 0 Å². The number of methoxy groups -OCH3 is 1. The second-order valence-corrected chi connectivity index (χ2v) is 6.59. The molecule has 1 amide bonds. The summed E-state index contributed by atoms with van der Waals surface area (Å²) in [6.45, 7) is 1.56. The normalized spacial score (nSPS) is 15.7. The molecule has 7 heteroatoms. The van der Waals surface area contributed by atoms with Crippen LogP contribution in [0.3, 0.4) is 0 Å². The summed E-state index contributed by atoms with van der Waals surface area (Å²) in [6.07, 6.45) is 1.50. The number of benzene rings is 2. The highest BCUT2D eigenvalue weighted by molar-refractivity contribution is 6.42. The number of para-hydroxylation sites is 1. The Balaban J connectivity index is 2.17. The van der Waals surface area contributed by atoms with Gasteiger partial charge in [-0.2, -0.15) is 0 Å². The summed E-state index contributed by atoms with van der Waals surface area (Å²) in [7, 11) is 1.22. The van der Waals surface area contributed by atoms with Crippen molar-refractivity contribution in [1.82, 2.24) is 0 Å². The molecule has 0 saturated carbocycles. The van der Waals surface area contributed by atoms with Crippen LogP contribution in [0.5, 0.6) is 0 Å². The first-order chi connectivity index (χ1) is 12.8. The summed E-state index contributed by atoms with van der Waals surface area (Å²) in [5.74, 6) is -1.81. The average Bonchev–Trinajstić information content (AvgIpc) is 2.88. The molecule has 0 spiro atoms. The highest BCUT2D eigenvalue weighted by Crippen LogP contribution is 2.36. The number of anilines is 1. The lowest BCUT2D eigenvalue weighted by atomic mass is 10.0. The van der Waals surface area contributed by atoms with E-state index in [0.717, 1.165) is 4.90 Å². The molecule has 2 aromatic rings. The first kappa shape index (κ1) is 19.1. The van der Waals surface area contributed by atoms with Crippen molar-refractivity contribution in [1.29, 1.82) is 0 Å². The highest BCUT2D eigenvalue weighted by Gasteiger charge is 2.38. The number of nitrogens with zero attached hydrogens (tertiary/aromatic N) is 1. The SMILES string of the molecule is COC(=O)C1=C(C)N(c2ccccc2F)C(=O)C1=Cc1ccc(Cl)c(Cl)c1. The molecule has 0 unspecified atom stereocenters. The molecule has 138 valence electrons. The zero-order valence-electron chi connectivity index (χ0n) is 14.4. The number of hydrogen-bond donors (Lipinski definition) is 0. The molecule has 1 aliphatic heterocycles. The van der Waals surface area contributed by atoms with E-state index in [9.17, 15) is 14.0 Å².